The highest BCUT2D eigenvalue weighted by atomic mass is 32.2. The molecule has 140 valence electrons. The predicted molar refractivity (Wildman–Crippen MR) is 110 cm³/mol. The number of thioether (sulfide) groups is 1. The van der Waals surface area contributed by atoms with E-state index < -0.39 is 4.92 Å². The van der Waals surface area contributed by atoms with Gasteiger partial charge in [0, 0.05) is 35.7 Å². The first-order valence-corrected chi connectivity index (χ1v) is 9.74. The van der Waals surface area contributed by atoms with E-state index in [-0.39, 0.29) is 18.0 Å². The molecule has 1 aliphatic heterocycles. The third-order valence-corrected chi connectivity index (χ3v) is 5.66. The van der Waals surface area contributed by atoms with Crippen molar-refractivity contribution in [1.82, 2.24) is 0 Å². The summed E-state index contributed by atoms with van der Waals surface area (Å²) >= 11 is 1.64. The lowest BCUT2D eigenvalue weighted by molar-refractivity contribution is -0.384. The van der Waals surface area contributed by atoms with Crippen molar-refractivity contribution in [2.45, 2.75) is 20.3 Å². The second-order valence-electron chi connectivity index (χ2n) is 6.40. The van der Waals surface area contributed by atoms with Gasteiger partial charge in [0.25, 0.3) is 5.69 Å². The topological polar surface area (TPSA) is 75.8 Å². The Labute approximate surface area is 162 Å². The Morgan fingerprint density at radius 2 is 2.04 bits per heavy atom. The van der Waals surface area contributed by atoms with Gasteiger partial charge in [-0.2, -0.15) is 0 Å². The Kier molecular flexibility index (Phi) is 5.91. The SMILES string of the molecule is Cc1cccc(N(CC(=O)c2cccc([N+](=O)[O-])c2)C2=NCCCS2)c1C. The Morgan fingerprint density at radius 1 is 1.26 bits per heavy atom. The molecule has 0 saturated heterocycles. The van der Waals surface area contributed by atoms with Crippen LogP contribution in [-0.4, -0.2) is 34.7 Å². The van der Waals surface area contributed by atoms with Crippen molar-refractivity contribution in [3.63, 3.8) is 0 Å². The first-order chi connectivity index (χ1) is 13.0. The number of hydrogen-bond donors (Lipinski definition) is 0. The Bertz CT molecular complexity index is 911. The molecule has 1 heterocycles. The molecule has 3 rings (SSSR count). The Morgan fingerprint density at radius 3 is 2.74 bits per heavy atom. The van der Waals surface area contributed by atoms with E-state index in [9.17, 15) is 14.9 Å². The van der Waals surface area contributed by atoms with Crippen molar-refractivity contribution in [3.05, 3.63) is 69.3 Å². The molecule has 0 fully saturated rings. The van der Waals surface area contributed by atoms with Gasteiger partial charge in [-0.15, -0.1) is 0 Å². The van der Waals surface area contributed by atoms with Crippen molar-refractivity contribution >= 4 is 34.1 Å². The normalized spacial score (nSPS) is 13.8. The molecule has 0 N–H and O–H groups in total. The summed E-state index contributed by atoms with van der Waals surface area (Å²) in [7, 11) is 0. The predicted octanol–water partition coefficient (Wildman–Crippen LogP) is 4.39. The summed E-state index contributed by atoms with van der Waals surface area (Å²) in [5.74, 6) is 0.791. The number of ketones is 1. The van der Waals surface area contributed by atoms with Crippen LogP contribution in [0.15, 0.2) is 47.5 Å². The number of nitro benzene ring substituents is 1. The summed E-state index contributed by atoms with van der Waals surface area (Å²) in [6.07, 6.45) is 1.02. The number of Topliss-reactive ketones (excluding diaryl/α,β-unsaturated/α-hetero) is 1. The number of aliphatic imine (C=N–C) groups is 1. The van der Waals surface area contributed by atoms with E-state index >= 15 is 0 Å². The maximum absolute atomic E-state index is 12.9. The zero-order chi connectivity index (χ0) is 19.4. The third kappa shape index (κ3) is 4.36. The molecule has 0 aliphatic carbocycles. The average Bonchev–Trinajstić information content (AvgIpc) is 2.69. The molecule has 27 heavy (non-hydrogen) atoms. The number of nitrogens with zero attached hydrogens (tertiary/aromatic N) is 3. The summed E-state index contributed by atoms with van der Waals surface area (Å²) < 4.78 is 0. The van der Waals surface area contributed by atoms with Crippen LogP contribution < -0.4 is 4.90 Å². The monoisotopic (exact) mass is 383 g/mol. The summed E-state index contributed by atoms with van der Waals surface area (Å²) in [6, 6.07) is 11.9. The van der Waals surface area contributed by atoms with Crippen LogP contribution in [0.5, 0.6) is 0 Å². The number of hydrogen-bond acceptors (Lipinski definition) is 6. The number of non-ortho nitro benzene ring substituents is 1. The van der Waals surface area contributed by atoms with Crippen molar-refractivity contribution in [2.75, 3.05) is 23.7 Å². The number of nitro groups is 1. The van der Waals surface area contributed by atoms with Gasteiger partial charge in [-0.1, -0.05) is 36.0 Å². The van der Waals surface area contributed by atoms with E-state index in [2.05, 4.69) is 4.99 Å². The molecule has 2 aromatic carbocycles. The minimum absolute atomic E-state index is 0.0801. The zero-order valence-electron chi connectivity index (χ0n) is 15.3. The number of anilines is 1. The van der Waals surface area contributed by atoms with Crippen LogP contribution in [0.2, 0.25) is 0 Å². The number of benzene rings is 2. The van der Waals surface area contributed by atoms with Crippen LogP contribution >= 0.6 is 11.8 Å². The Balaban J connectivity index is 1.95. The van der Waals surface area contributed by atoms with E-state index in [1.54, 1.807) is 23.9 Å². The lowest BCUT2D eigenvalue weighted by Gasteiger charge is -2.29. The number of amidine groups is 1. The van der Waals surface area contributed by atoms with Crippen molar-refractivity contribution in [3.8, 4) is 0 Å². The van der Waals surface area contributed by atoms with Crippen LogP contribution in [0, 0.1) is 24.0 Å². The average molecular weight is 383 g/mol. The van der Waals surface area contributed by atoms with Crippen LogP contribution in [0.4, 0.5) is 11.4 Å². The van der Waals surface area contributed by atoms with E-state index in [0.29, 0.717) is 5.56 Å². The highest BCUT2D eigenvalue weighted by molar-refractivity contribution is 8.14. The molecular weight excluding hydrogens is 362 g/mol. The van der Waals surface area contributed by atoms with Gasteiger partial charge in [-0.3, -0.25) is 19.9 Å². The molecule has 1 aliphatic rings. The molecule has 6 nitrogen and oxygen atoms in total. The summed E-state index contributed by atoms with van der Waals surface area (Å²) in [4.78, 5) is 30.0. The second-order valence-corrected chi connectivity index (χ2v) is 7.46. The second kappa shape index (κ2) is 8.35. The van der Waals surface area contributed by atoms with Crippen LogP contribution in [0.1, 0.15) is 27.9 Å². The molecular formula is C20H21N3O3S. The fraction of sp³-hybridized carbons (Fsp3) is 0.300. The smallest absolute Gasteiger partial charge is 0.270 e. The van der Waals surface area contributed by atoms with E-state index in [0.717, 1.165) is 40.7 Å². The van der Waals surface area contributed by atoms with Crippen LogP contribution in [0.3, 0.4) is 0 Å². The van der Waals surface area contributed by atoms with Gasteiger partial charge in [-0.05, 0) is 37.5 Å². The van der Waals surface area contributed by atoms with Gasteiger partial charge < -0.3 is 4.90 Å². The highest BCUT2D eigenvalue weighted by Gasteiger charge is 2.23. The van der Waals surface area contributed by atoms with Gasteiger partial charge in [0.05, 0.1) is 11.5 Å². The number of carbonyl (C=O) groups excluding carboxylic acids is 1. The maximum atomic E-state index is 12.9. The summed E-state index contributed by atoms with van der Waals surface area (Å²) in [5, 5.41) is 11.8. The molecule has 0 radical (unpaired) electrons. The molecule has 2 aromatic rings. The number of rotatable bonds is 5. The minimum Gasteiger partial charge on any atom is -0.313 e. The number of carbonyl (C=O) groups is 1. The molecule has 0 unspecified atom stereocenters. The van der Waals surface area contributed by atoms with Gasteiger partial charge in [-0.25, -0.2) is 0 Å². The standard InChI is InChI=1S/C20H21N3O3S/c1-14-6-3-9-18(15(14)2)22(20-21-10-5-11-27-20)13-19(24)16-7-4-8-17(12-16)23(25)26/h3-4,6-9,12H,5,10-11,13H2,1-2H3. The molecule has 0 atom stereocenters. The van der Waals surface area contributed by atoms with Crippen molar-refractivity contribution in [1.29, 1.82) is 0 Å². The molecule has 0 bridgehead atoms. The quantitative estimate of drug-likeness (QED) is 0.435. The lowest BCUT2D eigenvalue weighted by Crippen LogP contribution is -2.36. The van der Waals surface area contributed by atoms with Crippen LogP contribution in [-0.2, 0) is 0 Å². The maximum Gasteiger partial charge on any atom is 0.270 e. The van der Waals surface area contributed by atoms with Crippen LogP contribution in [0.25, 0.3) is 0 Å². The molecule has 7 heteroatoms. The summed E-state index contributed by atoms with van der Waals surface area (Å²) in [5.41, 5.74) is 3.44. The fourth-order valence-corrected chi connectivity index (χ4v) is 3.88. The van der Waals surface area contributed by atoms with E-state index in [4.69, 9.17) is 0 Å². The van der Waals surface area contributed by atoms with E-state index in [1.807, 2.05) is 36.9 Å². The zero-order valence-corrected chi connectivity index (χ0v) is 16.2. The van der Waals surface area contributed by atoms with Gasteiger partial charge >= 0.3 is 0 Å². The van der Waals surface area contributed by atoms with E-state index in [1.165, 1.54) is 12.1 Å². The molecule has 0 aromatic heterocycles. The third-order valence-electron chi connectivity index (χ3n) is 4.56. The van der Waals surface area contributed by atoms with Crippen molar-refractivity contribution in [2.24, 2.45) is 4.99 Å². The number of aryl methyl sites for hydroxylation is 1. The van der Waals surface area contributed by atoms with Gasteiger partial charge in [0.15, 0.2) is 11.0 Å². The molecule has 0 spiro atoms. The first-order valence-electron chi connectivity index (χ1n) is 8.76. The lowest BCUT2D eigenvalue weighted by atomic mass is 10.1. The fourth-order valence-electron chi connectivity index (χ4n) is 2.92. The largest absolute Gasteiger partial charge is 0.313 e. The first kappa shape index (κ1) is 19.1. The Hall–Kier alpha value is -2.67. The molecule has 0 saturated carbocycles. The van der Waals surface area contributed by atoms with Gasteiger partial charge in [0.1, 0.15) is 0 Å². The summed E-state index contributed by atoms with van der Waals surface area (Å²) in [6.45, 7) is 4.91. The van der Waals surface area contributed by atoms with Gasteiger partial charge in [0.2, 0.25) is 0 Å². The minimum atomic E-state index is -0.486. The highest BCUT2D eigenvalue weighted by Crippen LogP contribution is 2.28. The van der Waals surface area contributed by atoms with Crippen molar-refractivity contribution < 1.29 is 9.72 Å². The molecule has 0 amide bonds.